The van der Waals surface area contributed by atoms with Crippen molar-refractivity contribution >= 4 is 5.91 Å². The zero-order valence-electron chi connectivity index (χ0n) is 12.8. The zero-order valence-corrected chi connectivity index (χ0v) is 12.8. The summed E-state index contributed by atoms with van der Waals surface area (Å²) in [5.41, 5.74) is 2.23. The molecule has 0 bridgehead atoms. The number of rotatable bonds is 3. The Hall–Kier alpha value is -2.27. The van der Waals surface area contributed by atoms with Gasteiger partial charge >= 0.3 is 0 Å². The lowest BCUT2D eigenvalue weighted by Crippen LogP contribution is -2.48. The van der Waals surface area contributed by atoms with Crippen LogP contribution in [-0.2, 0) is 0 Å². The molecule has 2 aromatic rings. The van der Waals surface area contributed by atoms with Crippen molar-refractivity contribution in [3.05, 3.63) is 48.4 Å². The summed E-state index contributed by atoms with van der Waals surface area (Å²) in [5.74, 6) is 0.0233. The standard InChI is InChI=1S/C17H20N4O/c1-2-20-8-10-21(11-9-20)17(22)15-12-18-13-19-16(15)14-6-4-3-5-7-14/h3-7,12-13H,2,8-11H2,1H3. The second-order valence-electron chi connectivity index (χ2n) is 5.38. The summed E-state index contributed by atoms with van der Waals surface area (Å²) in [6.07, 6.45) is 3.12. The van der Waals surface area contributed by atoms with Crippen LogP contribution < -0.4 is 0 Å². The minimum absolute atomic E-state index is 0.0233. The van der Waals surface area contributed by atoms with Crippen LogP contribution in [0.2, 0.25) is 0 Å². The molecule has 1 amide bonds. The van der Waals surface area contributed by atoms with Crippen LogP contribution in [0.5, 0.6) is 0 Å². The molecule has 2 heterocycles. The Labute approximate surface area is 130 Å². The van der Waals surface area contributed by atoms with Gasteiger partial charge in [0.05, 0.1) is 11.3 Å². The Morgan fingerprint density at radius 2 is 1.86 bits per heavy atom. The van der Waals surface area contributed by atoms with Crippen LogP contribution in [0.25, 0.3) is 11.3 Å². The SMILES string of the molecule is CCN1CCN(C(=O)c2cncnc2-c2ccccc2)CC1. The highest BCUT2D eigenvalue weighted by atomic mass is 16.2. The van der Waals surface area contributed by atoms with Gasteiger partial charge in [-0.3, -0.25) is 4.79 Å². The number of carbonyl (C=O) groups is 1. The predicted octanol–water partition coefficient (Wildman–Crippen LogP) is 1.92. The molecule has 1 fully saturated rings. The highest BCUT2D eigenvalue weighted by Gasteiger charge is 2.24. The number of likely N-dealkylation sites (N-methyl/N-ethyl adjacent to an activating group) is 1. The van der Waals surface area contributed by atoms with Gasteiger partial charge in [-0.25, -0.2) is 9.97 Å². The van der Waals surface area contributed by atoms with Crippen LogP contribution in [0.1, 0.15) is 17.3 Å². The maximum Gasteiger partial charge on any atom is 0.257 e. The first-order chi connectivity index (χ1) is 10.8. The maximum atomic E-state index is 12.8. The second kappa shape index (κ2) is 6.66. The van der Waals surface area contributed by atoms with Gasteiger partial charge in [-0.2, -0.15) is 0 Å². The van der Waals surface area contributed by atoms with Crippen molar-refractivity contribution < 1.29 is 4.79 Å². The molecule has 3 rings (SSSR count). The van der Waals surface area contributed by atoms with Crippen LogP contribution in [0.3, 0.4) is 0 Å². The number of piperazine rings is 1. The Morgan fingerprint density at radius 3 is 2.55 bits per heavy atom. The van der Waals surface area contributed by atoms with Crippen LogP contribution in [-0.4, -0.2) is 58.4 Å². The van der Waals surface area contributed by atoms with E-state index in [9.17, 15) is 4.79 Å². The van der Waals surface area contributed by atoms with E-state index in [1.54, 1.807) is 6.20 Å². The van der Waals surface area contributed by atoms with Crippen LogP contribution in [0, 0.1) is 0 Å². The minimum Gasteiger partial charge on any atom is -0.336 e. The third-order valence-corrected chi connectivity index (χ3v) is 4.10. The van der Waals surface area contributed by atoms with E-state index in [1.807, 2.05) is 35.2 Å². The molecule has 1 aromatic carbocycles. The van der Waals surface area contributed by atoms with E-state index < -0.39 is 0 Å². The Morgan fingerprint density at radius 1 is 1.14 bits per heavy atom. The number of aromatic nitrogens is 2. The van der Waals surface area contributed by atoms with Crippen molar-refractivity contribution in [1.29, 1.82) is 0 Å². The molecule has 5 nitrogen and oxygen atoms in total. The van der Waals surface area contributed by atoms with Gasteiger partial charge in [0.15, 0.2) is 0 Å². The van der Waals surface area contributed by atoms with Crippen molar-refractivity contribution in [3.63, 3.8) is 0 Å². The third-order valence-electron chi connectivity index (χ3n) is 4.10. The quantitative estimate of drug-likeness (QED) is 0.868. The van der Waals surface area contributed by atoms with Crippen molar-refractivity contribution in [2.24, 2.45) is 0 Å². The van der Waals surface area contributed by atoms with Crippen molar-refractivity contribution in [3.8, 4) is 11.3 Å². The monoisotopic (exact) mass is 296 g/mol. The van der Waals surface area contributed by atoms with Gasteiger partial charge in [0.1, 0.15) is 6.33 Å². The van der Waals surface area contributed by atoms with Gasteiger partial charge in [-0.15, -0.1) is 0 Å². The first kappa shape index (κ1) is 14.7. The number of benzene rings is 1. The lowest BCUT2D eigenvalue weighted by atomic mass is 10.1. The summed E-state index contributed by atoms with van der Waals surface area (Å²) in [4.78, 5) is 25.4. The van der Waals surface area contributed by atoms with Gasteiger partial charge in [0, 0.05) is 37.9 Å². The van der Waals surface area contributed by atoms with E-state index in [1.165, 1.54) is 6.33 Å². The number of hydrogen-bond acceptors (Lipinski definition) is 4. The van der Waals surface area contributed by atoms with Gasteiger partial charge in [-0.05, 0) is 6.54 Å². The topological polar surface area (TPSA) is 49.3 Å². The second-order valence-corrected chi connectivity index (χ2v) is 5.38. The average molecular weight is 296 g/mol. The summed E-state index contributed by atoms with van der Waals surface area (Å²) in [7, 11) is 0. The minimum atomic E-state index is 0.0233. The lowest BCUT2D eigenvalue weighted by molar-refractivity contribution is 0.0643. The van der Waals surface area contributed by atoms with Crippen molar-refractivity contribution in [2.75, 3.05) is 32.7 Å². The van der Waals surface area contributed by atoms with E-state index in [0.29, 0.717) is 11.3 Å². The van der Waals surface area contributed by atoms with E-state index >= 15 is 0 Å². The fraction of sp³-hybridized carbons (Fsp3) is 0.353. The molecule has 5 heteroatoms. The Kier molecular flexibility index (Phi) is 4.44. The Bertz CT molecular complexity index is 636. The summed E-state index contributed by atoms with van der Waals surface area (Å²) in [5, 5.41) is 0. The molecule has 0 saturated carbocycles. The number of hydrogen-bond donors (Lipinski definition) is 0. The van der Waals surface area contributed by atoms with Crippen LogP contribution >= 0.6 is 0 Å². The molecular weight excluding hydrogens is 276 g/mol. The van der Waals surface area contributed by atoms with Crippen LogP contribution in [0.4, 0.5) is 0 Å². The molecule has 0 spiro atoms. The van der Waals surface area contributed by atoms with Crippen molar-refractivity contribution in [2.45, 2.75) is 6.92 Å². The van der Waals surface area contributed by atoms with E-state index in [4.69, 9.17) is 0 Å². The molecule has 1 saturated heterocycles. The van der Waals surface area contributed by atoms with Crippen molar-refractivity contribution in [1.82, 2.24) is 19.8 Å². The largest absolute Gasteiger partial charge is 0.336 e. The van der Waals surface area contributed by atoms with E-state index in [-0.39, 0.29) is 5.91 Å². The van der Waals surface area contributed by atoms with Crippen LogP contribution in [0.15, 0.2) is 42.9 Å². The van der Waals surface area contributed by atoms with Gasteiger partial charge in [0.2, 0.25) is 0 Å². The first-order valence-electron chi connectivity index (χ1n) is 7.66. The summed E-state index contributed by atoms with van der Waals surface area (Å²) in [6.45, 7) is 6.56. The summed E-state index contributed by atoms with van der Waals surface area (Å²) < 4.78 is 0. The molecule has 0 radical (unpaired) electrons. The maximum absolute atomic E-state index is 12.8. The molecule has 0 N–H and O–H groups in total. The summed E-state index contributed by atoms with van der Waals surface area (Å²) >= 11 is 0. The molecular formula is C17H20N4O. The molecule has 0 atom stereocenters. The van der Waals surface area contributed by atoms with E-state index in [2.05, 4.69) is 21.8 Å². The molecule has 1 aromatic heterocycles. The smallest absolute Gasteiger partial charge is 0.257 e. The molecule has 1 aliphatic heterocycles. The molecule has 1 aliphatic rings. The molecule has 0 aliphatic carbocycles. The third kappa shape index (κ3) is 2.99. The highest BCUT2D eigenvalue weighted by Crippen LogP contribution is 2.21. The zero-order chi connectivity index (χ0) is 15.4. The van der Waals surface area contributed by atoms with Gasteiger partial charge in [-0.1, -0.05) is 37.3 Å². The van der Waals surface area contributed by atoms with Gasteiger partial charge in [0.25, 0.3) is 5.91 Å². The number of nitrogens with zero attached hydrogens (tertiary/aromatic N) is 4. The molecule has 114 valence electrons. The predicted molar refractivity (Wildman–Crippen MR) is 85.5 cm³/mol. The highest BCUT2D eigenvalue weighted by molar-refractivity contribution is 5.99. The van der Waals surface area contributed by atoms with E-state index in [0.717, 1.165) is 38.3 Å². The fourth-order valence-corrected chi connectivity index (χ4v) is 2.75. The Balaban J connectivity index is 1.85. The average Bonchev–Trinajstić information content (AvgIpc) is 2.62. The number of amides is 1. The normalized spacial score (nSPS) is 15.8. The summed E-state index contributed by atoms with van der Waals surface area (Å²) in [6, 6.07) is 9.79. The van der Waals surface area contributed by atoms with Gasteiger partial charge < -0.3 is 9.80 Å². The lowest BCUT2D eigenvalue weighted by Gasteiger charge is -2.34. The number of carbonyl (C=O) groups excluding carboxylic acids is 1. The molecule has 22 heavy (non-hydrogen) atoms. The fourth-order valence-electron chi connectivity index (χ4n) is 2.75. The first-order valence-corrected chi connectivity index (χ1v) is 7.66. The molecule has 0 unspecified atom stereocenters.